The zero-order valence-corrected chi connectivity index (χ0v) is 9.32. The molecule has 1 aliphatic heterocycles. The summed E-state index contributed by atoms with van der Waals surface area (Å²) in [5.41, 5.74) is 2.95. The normalized spacial score (nSPS) is 19.3. The van der Waals surface area contributed by atoms with Crippen LogP contribution in [0.1, 0.15) is 18.1 Å². The van der Waals surface area contributed by atoms with Gasteiger partial charge >= 0.3 is 0 Å². The highest BCUT2D eigenvalue weighted by Crippen LogP contribution is 2.15. The Morgan fingerprint density at radius 1 is 1.20 bits per heavy atom. The summed E-state index contributed by atoms with van der Waals surface area (Å²) in [6.45, 7) is 4.80. The molecule has 1 aliphatic rings. The Morgan fingerprint density at radius 3 is 2.20 bits per heavy atom. The van der Waals surface area contributed by atoms with Crippen LogP contribution in [0.2, 0.25) is 0 Å². The average molecular weight is 205 g/mol. The Labute approximate surface area is 91.5 Å². The van der Waals surface area contributed by atoms with Gasteiger partial charge in [0.25, 0.3) is 0 Å². The van der Waals surface area contributed by atoms with Gasteiger partial charge in [-0.1, -0.05) is 24.3 Å². The molecule has 0 aliphatic carbocycles. The number of hydrogen-bond acceptors (Lipinski definition) is 2. The second-order valence-corrected chi connectivity index (χ2v) is 4.42. The maximum absolute atomic E-state index is 9.37. The van der Waals surface area contributed by atoms with Gasteiger partial charge < -0.3 is 10.0 Å². The minimum absolute atomic E-state index is 0.216. The van der Waals surface area contributed by atoms with Gasteiger partial charge in [0.15, 0.2) is 0 Å². The highest BCUT2D eigenvalue weighted by Gasteiger charge is 2.14. The van der Waals surface area contributed by atoms with Crippen molar-refractivity contribution in [3.05, 3.63) is 35.4 Å². The van der Waals surface area contributed by atoms with Crippen LogP contribution in [0.5, 0.6) is 0 Å². The summed E-state index contributed by atoms with van der Waals surface area (Å²) in [4.78, 5) is 2.35. The summed E-state index contributed by atoms with van der Waals surface area (Å²) in [5.74, 6) is 0. The maximum Gasteiger partial charge on any atom is 0.0639 e. The predicted molar refractivity (Wildman–Crippen MR) is 62.0 cm³/mol. The van der Waals surface area contributed by atoms with Gasteiger partial charge in [0.1, 0.15) is 0 Å². The summed E-state index contributed by atoms with van der Waals surface area (Å²) in [6, 6.07) is 8.68. The van der Waals surface area contributed by atoms with Gasteiger partial charge in [-0.15, -0.1) is 0 Å². The van der Waals surface area contributed by atoms with Gasteiger partial charge in [-0.05, 0) is 30.9 Å². The lowest BCUT2D eigenvalue weighted by Crippen LogP contribution is -2.33. The van der Waals surface area contributed by atoms with Gasteiger partial charge in [0.05, 0.1) is 6.10 Å². The second kappa shape index (κ2) is 4.77. The van der Waals surface area contributed by atoms with Crippen LogP contribution < -0.4 is 0 Å². The van der Waals surface area contributed by atoms with Crippen molar-refractivity contribution < 1.29 is 5.11 Å². The van der Waals surface area contributed by atoms with E-state index in [0.29, 0.717) is 0 Å². The molecule has 1 aromatic rings. The van der Waals surface area contributed by atoms with Gasteiger partial charge in [-0.25, -0.2) is 0 Å². The van der Waals surface area contributed by atoms with Crippen molar-refractivity contribution in [1.82, 2.24) is 4.90 Å². The summed E-state index contributed by atoms with van der Waals surface area (Å²) < 4.78 is 0. The molecule has 1 atom stereocenters. The lowest BCUT2D eigenvalue weighted by atomic mass is 10.0. The van der Waals surface area contributed by atoms with Crippen LogP contribution in [0.3, 0.4) is 0 Å². The fourth-order valence-electron chi connectivity index (χ4n) is 2.27. The van der Waals surface area contributed by atoms with E-state index in [4.69, 9.17) is 0 Å². The third-order valence-electron chi connectivity index (χ3n) is 3.04. The lowest BCUT2D eigenvalue weighted by molar-refractivity contribution is 0.129. The first kappa shape index (κ1) is 10.7. The molecule has 1 N–H and O–H groups in total. The van der Waals surface area contributed by atoms with E-state index >= 15 is 0 Å². The lowest BCUT2D eigenvalue weighted by Gasteiger charge is -2.20. The van der Waals surface area contributed by atoms with Crippen molar-refractivity contribution in [1.29, 1.82) is 0 Å². The highest BCUT2D eigenvalue weighted by atomic mass is 16.3. The van der Waals surface area contributed by atoms with Crippen LogP contribution >= 0.6 is 0 Å². The molecule has 15 heavy (non-hydrogen) atoms. The van der Waals surface area contributed by atoms with E-state index in [9.17, 15) is 5.11 Å². The predicted octanol–water partition coefficient (Wildman–Crippen LogP) is 1.47. The monoisotopic (exact) mass is 205 g/mol. The second-order valence-electron chi connectivity index (χ2n) is 4.42. The number of aliphatic hydroxyl groups excluding tert-OH is 1. The Hall–Kier alpha value is -0.860. The van der Waals surface area contributed by atoms with Crippen LogP contribution in [0.4, 0.5) is 0 Å². The standard InChI is InChI=1S/C13H19NO/c1-11(15)10-14-8-6-12-4-2-3-5-13(12)7-9-14/h2-5,11,15H,6-10H2,1H3/t11-/m1/s1. The molecular weight excluding hydrogens is 186 g/mol. The summed E-state index contributed by atoms with van der Waals surface area (Å²) >= 11 is 0. The first-order chi connectivity index (χ1) is 7.25. The van der Waals surface area contributed by atoms with Crippen molar-refractivity contribution in [2.45, 2.75) is 25.9 Å². The highest BCUT2D eigenvalue weighted by molar-refractivity contribution is 5.28. The fourth-order valence-corrected chi connectivity index (χ4v) is 2.27. The molecular formula is C13H19NO. The van der Waals surface area contributed by atoms with E-state index in [-0.39, 0.29) is 6.10 Å². The molecule has 0 fully saturated rings. The Kier molecular flexibility index (Phi) is 3.39. The van der Waals surface area contributed by atoms with E-state index in [1.165, 1.54) is 11.1 Å². The molecule has 1 heterocycles. The average Bonchev–Trinajstić information content (AvgIpc) is 2.41. The fraction of sp³-hybridized carbons (Fsp3) is 0.538. The summed E-state index contributed by atoms with van der Waals surface area (Å²) in [6.07, 6.45) is 2.01. The maximum atomic E-state index is 9.37. The van der Waals surface area contributed by atoms with Gasteiger partial charge in [0, 0.05) is 19.6 Å². The minimum atomic E-state index is -0.216. The van der Waals surface area contributed by atoms with E-state index in [0.717, 1.165) is 32.5 Å². The van der Waals surface area contributed by atoms with E-state index in [2.05, 4.69) is 29.2 Å². The van der Waals surface area contributed by atoms with Crippen LogP contribution in [-0.4, -0.2) is 35.7 Å². The topological polar surface area (TPSA) is 23.5 Å². The number of hydrogen-bond donors (Lipinski definition) is 1. The van der Waals surface area contributed by atoms with E-state index < -0.39 is 0 Å². The minimum Gasteiger partial charge on any atom is -0.392 e. The number of aliphatic hydroxyl groups is 1. The molecule has 0 bridgehead atoms. The SMILES string of the molecule is C[C@@H](O)CN1CCc2ccccc2CC1. The molecule has 2 nitrogen and oxygen atoms in total. The summed E-state index contributed by atoms with van der Waals surface area (Å²) in [5, 5.41) is 9.37. The molecule has 82 valence electrons. The Bertz CT molecular complexity index is 295. The first-order valence-corrected chi connectivity index (χ1v) is 5.73. The zero-order chi connectivity index (χ0) is 10.7. The molecule has 2 rings (SSSR count). The zero-order valence-electron chi connectivity index (χ0n) is 9.32. The van der Waals surface area contributed by atoms with Crippen molar-refractivity contribution in [2.75, 3.05) is 19.6 Å². The molecule has 0 aromatic heterocycles. The van der Waals surface area contributed by atoms with Crippen molar-refractivity contribution in [3.8, 4) is 0 Å². The number of rotatable bonds is 2. The molecule has 0 spiro atoms. The van der Waals surface area contributed by atoms with Crippen LogP contribution in [-0.2, 0) is 12.8 Å². The number of β-amino-alcohol motifs (C(OH)–C–C–N with tert-alkyl or cyclic N) is 1. The molecule has 2 heteroatoms. The van der Waals surface area contributed by atoms with Crippen molar-refractivity contribution in [3.63, 3.8) is 0 Å². The van der Waals surface area contributed by atoms with Gasteiger partial charge in [0.2, 0.25) is 0 Å². The van der Waals surface area contributed by atoms with Crippen molar-refractivity contribution in [2.24, 2.45) is 0 Å². The molecule has 0 saturated heterocycles. The molecule has 1 aromatic carbocycles. The number of benzene rings is 1. The van der Waals surface area contributed by atoms with Gasteiger partial charge in [-0.3, -0.25) is 0 Å². The van der Waals surface area contributed by atoms with Gasteiger partial charge in [-0.2, -0.15) is 0 Å². The molecule has 0 amide bonds. The summed E-state index contributed by atoms with van der Waals surface area (Å²) in [7, 11) is 0. The third-order valence-corrected chi connectivity index (χ3v) is 3.04. The third kappa shape index (κ3) is 2.80. The first-order valence-electron chi connectivity index (χ1n) is 5.73. The molecule has 0 saturated carbocycles. The van der Waals surface area contributed by atoms with Crippen LogP contribution in [0.15, 0.2) is 24.3 Å². The Balaban J connectivity index is 2.02. The van der Waals surface area contributed by atoms with Crippen molar-refractivity contribution >= 4 is 0 Å². The quantitative estimate of drug-likeness (QED) is 0.790. The van der Waals surface area contributed by atoms with E-state index in [1.54, 1.807) is 0 Å². The number of fused-ring (bicyclic) bond motifs is 1. The number of nitrogens with zero attached hydrogens (tertiary/aromatic N) is 1. The largest absolute Gasteiger partial charge is 0.392 e. The van der Waals surface area contributed by atoms with Crippen LogP contribution in [0, 0.1) is 0 Å². The molecule has 0 unspecified atom stereocenters. The van der Waals surface area contributed by atoms with Crippen LogP contribution in [0.25, 0.3) is 0 Å². The van der Waals surface area contributed by atoms with E-state index in [1.807, 2.05) is 6.92 Å². The Morgan fingerprint density at radius 2 is 1.73 bits per heavy atom. The molecule has 0 radical (unpaired) electrons. The smallest absolute Gasteiger partial charge is 0.0639 e.